The summed E-state index contributed by atoms with van der Waals surface area (Å²) in [5, 5.41) is 16.5. The zero-order valence-corrected chi connectivity index (χ0v) is 21.2. The molecule has 0 radical (unpaired) electrons. The maximum absolute atomic E-state index is 11.8. The van der Waals surface area contributed by atoms with Gasteiger partial charge in [0.1, 0.15) is 5.69 Å². The summed E-state index contributed by atoms with van der Waals surface area (Å²) < 4.78 is 43.2. The van der Waals surface area contributed by atoms with E-state index in [4.69, 9.17) is 13.9 Å². The molecule has 0 saturated carbocycles. The van der Waals surface area contributed by atoms with Gasteiger partial charge in [-0.1, -0.05) is 0 Å². The maximum Gasteiger partial charge on any atom is 0.248 e. The van der Waals surface area contributed by atoms with Crippen molar-refractivity contribution in [3.05, 3.63) is 36.5 Å². The van der Waals surface area contributed by atoms with Crippen LogP contribution in [-0.2, 0) is 21.3 Å². The van der Waals surface area contributed by atoms with Crippen molar-refractivity contribution in [2.75, 3.05) is 37.8 Å². The second-order valence-electron chi connectivity index (χ2n) is 9.33. The lowest BCUT2D eigenvalue weighted by Crippen LogP contribution is -2.47. The first kappa shape index (κ1) is 24.2. The first-order valence-corrected chi connectivity index (χ1v) is 13.2. The second kappa shape index (κ2) is 9.15. The van der Waals surface area contributed by atoms with Crippen LogP contribution in [0.25, 0.3) is 33.5 Å². The smallest absolute Gasteiger partial charge is 0.248 e. The molecule has 0 bridgehead atoms. The highest BCUT2D eigenvalue weighted by Gasteiger charge is 2.28. The summed E-state index contributed by atoms with van der Waals surface area (Å²) in [6.45, 7) is 6.85. The molecule has 4 aromatic rings. The minimum atomic E-state index is -3.53. The Morgan fingerprint density at radius 3 is 2.78 bits per heavy atom. The van der Waals surface area contributed by atoms with Gasteiger partial charge in [-0.25, -0.2) is 13.4 Å². The van der Waals surface area contributed by atoms with Gasteiger partial charge in [0.25, 0.3) is 0 Å². The van der Waals surface area contributed by atoms with Crippen LogP contribution < -0.4 is 9.46 Å². The number of aromatic nitrogens is 5. The molecule has 5 rings (SSSR count). The topological polar surface area (TPSA) is 148 Å². The Labute approximate surface area is 208 Å². The highest BCUT2D eigenvalue weighted by Crippen LogP contribution is 2.35. The summed E-state index contributed by atoms with van der Waals surface area (Å²) in [7, 11) is -2.11. The van der Waals surface area contributed by atoms with Crippen molar-refractivity contribution in [2.45, 2.75) is 26.0 Å². The lowest BCUT2D eigenvalue weighted by molar-refractivity contribution is -0.0897. The van der Waals surface area contributed by atoms with E-state index in [0.717, 1.165) is 35.8 Å². The monoisotopic (exact) mass is 513 g/mol. The summed E-state index contributed by atoms with van der Waals surface area (Å²) in [6.07, 6.45) is 4.37. The van der Waals surface area contributed by atoms with Gasteiger partial charge in [0.05, 0.1) is 49.4 Å². The predicted octanol–water partition coefficient (Wildman–Crippen LogP) is 2.67. The molecule has 12 nitrogen and oxygen atoms in total. The quantitative estimate of drug-likeness (QED) is 0.378. The molecule has 4 heterocycles. The lowest BCUT2D eigenvalue weighted by atomic mass is 10.0. The van der Waals surface area contributed by atoms with Crippen LogP contribution in [0.3, 0.4) is 0 Å². The minimum Gasteiger partial charge on any atom is -0.480 e. The molecule has 0 unspecified atom stereocenters. The number of rotatable bonds is 7. The number of methoxy groups -OCH3 is 1. The number of hydrogen-bond acceptors (Lipinski definition) is 10. The molecule has 1 aliphatic rings. The minimum absolute atomic E-state index is 0.167. The Bertz CT molecular complexity index is 1510. The Morgan fingerprint density at radius 2 is 2.03 bits per heavy atom. The number of aromatic amines is 1. The van der Waals surface area contributed by atoms with Crippen molar-refractivity contribution in [1.82, 2.24) is 30.3 Å². The molecule has 1 fully saturated rings. The van der Waals surface area contributed by atoms with Gasteiger partial charge >= 0.3 is 0 Å². The van der Waals surface area contributed by atoms with Crippen molar-refractivity contribution in [3.63, 3.8) is 0 Å². The molecular weight excluding hydrogens is 486 g/mol. The van der Waals surface area contributed by atoms with Crippen LogP contribution in [0.15, 0.2) is 35.0 Å². The van der Waals surface area contributed by atoms with E-state index in [0.29, 0.717) is 36.1 Å². The number of hydrogen-bond donors (Lipinski definition) is 2. The third-order valence-corrected chi connectivity index (χ3v) is 6.38. The Balaban J connectivity index is 1.50. The molecule has 36 heavy (non-hydrogen) atoms. The highest BCUT2D eigenvalue weighted by molar-refractivity contribution is 7.92. The number of nitrogens with zero attached hydrogens (tertiary/aromatic N) is 5. The van der Waals surface area contributed by atoms with Crippen LogP contribution >= 0.6 is 0 Å². The first-order valence-electron chi connectivity index (χ1n) is 11.3. The Hall–Kier alpha value is -3.55. The van der Waals surface area contributed by atoms with E-state index in [1.165, 1.54) is 7.11 Å². The number of H-pyrrole nitrogens is 1. The normalized spacial score (nSPS) is 16.3. The van der Waals surface area contributed by atoms with E-state index >= 15 is 0 Å². The summed E-state index contributed by atoms with van der Waals surface area (Å²) >= 11 is 0. The lowest BCUT2D eigenvalue weighted by Gasteiger charge is -2.37. The Kier molecular flexibility index (Phi) is 6.14. The van der Waals surface area contributed by atoms with Gasteiger partial charge in [-0.15, -0.1) is 10.2 Å². The fourth-order valence-electron chi connectivity index (χ4n) is 4.31. The van der Waals surface area contributed by atoms with Crippen molar-refractivity contribution in [1.29, 1.82) is 0 Å². The molecule has 0 aliphatic carbocycles. The van der Waals surface area contributed by atoms with Crippen molar-refractivity contribution in [2.24, 2.45) is 0 Å². The van der Waals surface area contributed by atoms with Gasteiger partial charge in [-0.2, -0.15) is 5.10 Å². The number of pyridine rings is 1. The standard InChI is InChI=1S/C23H27N7O5S/c1-23(2)13-30(5-6-34-23)12-20-27-28-21(35-20)16-7-14(8-18-17(16)11-25-26-18)15-9-19(29-36(4,31)32)22(33-3)24-10-15/h7-11,29H,5-6,12-13H2,1-4H3,(H,25,26). The third kappa shape index (κ3) is 5.17. The van der Waals surface area contributed by atoms with Crippen LogP contribution in [0.4, 0.5) is 5.69 Å². The van der Waals surface area contributed by atoms with E-state index < -0.39 is 10.0 Å². The number of nitrogens with one attached hydrogen (secondary N) is 2. The first-order chi connectivity index (χ1) is 17.1. The number of fused-ring (bicyclic) bond motifs is 1. The summed E-state index contributed by atoms with van der Waals surface area (Å²) in [5.41, 5.74) is 2.88. The molecule has 1 aliphatic heterocycles. The van der Waals surface area contributed by atoms with Crippen LogP contribution in [-0.4, -0.2) is 77.4 Å². The molecule has 0 atom stereocenters. The van der Waals surface area contributed by atoms with Crippen LogP contribution in [0.1, 0.15) is 19.7 Å². The number of sulfonamides is 1. The van der Waals surface area contributed by atoms with Gasteiger partial charge in [0.2, 0.25) is 27.7 Å². The van der Waals surface area contributed by atoms with Gasteiger partial charge < -0.3 is 13.9 Å². The fourth-order valence-corrected chi connectivity index (χ4v) is 4.85. The van der Waals surface area contributed by atoms with Crippen LogP contribution in [0.5, 0.6) is 5.88 Å². The molecule has 1 saturated heterocycles. The van der Waals surface area contributed by atoms with Gasteiger partial charge in [-0.3, -0.25) is 14.7 Å². The van der Waals surface area contributed by atoms with E-state index in [9.17, 15) is 8.42 Å². The molecule has 3 aromatic heterocycles. The van der Waals surface area contributed by atoms with E-state index in [2.05, 4.69) is 48.8 Å². The molecule has 190 valence electrons. The predicted molar refractivity (Wildman–Crippen MR) is 133 cm³/mol. The molecule has 0 spiro atoms. The molecular formula is C23H27N7O5S. The second-order valence-corrected chi connectivity index (χ2v) is 11.1. The summed E-state index contributed by atoms with van der Waals surface area (Å²) in [6, 6.07) is 5.45. The molecule has 13 heteroatoms. The van der Waals surface area contributed by atoms with Crippen LogP contribution in [0.2, 0.25) is 0 Å². The van der Waals surface area contributed by atoms with Gasteiger partial charge in [-0.05, 0) is 37.6 Å². The number of morpholine rings is 1. The highest BCUT2D eigenvalue weighted by atomic mass is 32.2. The zero-order chi connectivity index (χ0) is 25.5. The fraction of sp³-hybridized carbons (Fsp3) is 0.391. The molecule has 0 amide bonds. The van der Waals surface area contributed by atoms with E-state index in [-0.39, 0.29) is 17.2 Å². The summed E-state index contributed by atoms with van der Waals surface area (Å²) in [5.74, 6) is 1.04. The average molecular weight is 514 g/mol. The van der Waals surface area contributed by atoms with Crippen molar-refractivity contribution < 1.29 is 22.3 Å². The number of benzene rings is 1. The SMILES string of the molecule is COc1ncc(-c2cc(-c3nnc(CN4CCOC(C)(C)C4)o3)c3cn[nH]c3c2)cc1NS(C)(=O)=O. The average Bonchev–Trinajstić information content (AvgIpc) is 3.46. The van der Waals surface area contributed by atoms with Gasteiger partial charge in [0, 0.05) is 30.2 Å². The van der Waals surface area contributed by atoms with Crippen molar-refractivity contribution >= 4 is 26.6 Å². The maximum atomic E-state index is 11.8. The molecule has 1 aromatic carbocycles. The van der Waals surface area contributed by atoms with E-state index in [1.54, 1.807) is 18.5 Å². The zero-order valence-electron chi connectivity index (χ0n) is 20.4. The van der Waals surface area contributed by atoms with E-state index in [1.807, 2.05) is 12.1 Å². The van der Waals surface area contributed by atoms with Crippen molar-refractivity contribution in [3.8, 4) is 28.5 Å². The number of ether oxygens (including phenoxy) is 2. The van der Waals surface area contributed by atoms with Crippen LogP contribution in [0, 0.1) is 0 Å². The molecule has 2 N–H and O–H groups in total. The summed E-state index contributed by atoms with van der Waals surface area (Å²) in [4.78, 5) is 6.49. The Morgan fingerprint density at radius 1 is 1.19 bits per heavy atom. The number of anilines is 1. The largest absolute Gasteiger partial charge is 0.480 e. The third-order valence-electron chi connectivity index (χ3n) is 5.79. The van der Waals surface area contributed by atoms with Gasteiger partial charge in [0.15, 0.2) is 0 Å².